The van der Waals surface area contributed by atoms with E-state index in [1.54, 1.807) is 31.2 Å². The van der Waals surface area contributed by atoms with Gasteiger partial charge in [0.15, 0.2) is 0 Å². The average molecular weight is 570 g/mol. The van der Waals surface area contributed by atoms with Crippen LogP contribution in [0, 0.1) is 12.7 Å². The Hall–Kier alpha value is -4.65. The average Bonchev–Trinajstić information content (AvgIpc) is 3.22. The number of nitrogens with one attached hydrogen (secondary N) is 2. The van der Waals surface area contributed by atoms with Gasteiger partial charge in [0.2, 0.25) is 17.6 Å². The number of carbonyl (C=O) groups is 2. The topological polar surface area (TPSA) is 151 Å². The first kappa shape index (κ1) is 25.6. The summed E-state index contributed by atoms with van der Waals surface area (Å²) in [5.41, 5.74) is 0.815. The Balaban J connectivity index is 1.18. The normalized spacial score (nSPS) is 16.6. The molecule has 1 saturated carbocycles. The second kappa shape index (κ2) is 9.83. The van der Waals surface area contributed by atoms with E-state index in [0.29, 0.717) is 35.6 Å². The van der Waals surface area contributed by atoms with E-state index in [0.717, 1.165) is 5.56 Å². The summed E-state index contributed by atoms with van der Waals surface area (Å²) in [6.07, 6.45) is 0.0118. The largest absolute Gasteiger partial charge is 0.491 e. The molecule has 3 heterocycles. The Morgan fingerprint density at radius 3 is 2.67 bits per heavy atom. The van der Waals surface area contributed by atoms with Crippen molar-refractivity contribution in [2.24, 2.45) is 0 Å². The highest BCUT2D eigenvalue weighted by molar-refractivity contribution is 6.31. The number of amides is 2. The SMILES string of the molecule is COc1cc(OC(=O)NC2(C(=O)NC3COc4cc(-c5cc(Cl)cc(F)c5-c5noc(C)n5)ccc43)CC2)on1. The van der Waals surface area contributed by atoms with Gasteiger partial charge in [-0.25, -0.2) is 9.18 Å². The Morgan fingerprint density at radius 2 is 1.98 bits per heavy atom. The van der Waals surface area contributed by atoms with Crippen molar-refractivity contribution in [2.75, 3.05) is 13.7 Å². The van der Waals surface area contributed by atoms with Crippen molar-refractivity contribution in [3.05, 3.63) is 58.7 Å². The third-order valence-electron chi connectivity index (χ3n) is 6.61. The maximum Gasteiger partial charge on any atom is 0.415 e. The standard InChI is InChI=1S/C26H21ClFN5O7/c1-12-29-23(33-39-12)22-16(8-14(27)9-17(22)28)13-3-4-15-18(11-37-19(15)7-13)30-24(34)26(5-6-26)31-25(35)38-21-10-20(36-2)32-40-21/h3-4,7-10,18H,5-6,11H2,1-2H3,(H,30,34)(H,31,35). The molecule has 4 aromatic rings. The van der Waals surface area contributed by atoms with Crippen molar-refractivity contribution in [1.82, 2.24) is 25.9 Å². The molecule has 1 atom stereocenters. The summed E-state index contributed by atoms with van der Waals surface area (Å²) in [5.74, 6) is -0.107. The molecule has 2 N–H and O–H groups in total. The van der Waals surface area contributed by atoms with Gasteiger partial charge in [-0.2, -0.15) is 4.98 Å². The lowest BCUT2D eigenvalue weighted by molar-refractivity contribution is -0.124. The fourth-order valence-corrected chi connectivity index (χ4v) is 4.66. The van der Waals surface area contributed by atoms with Crippen LogP contribution in [-0.4, -0.2) is 46.6 Å². The summed E-state index contributed by atoms with van der Waals surface area (Å²) >= 11 is 6.16. The van der Waals surface area contributed by atoms with Crippen molar-refractivity contribution in [2.45, 2.75) is 31.3 Å². The van der Waals surface area contributed by atoms with Crippen LogP contribution >= 0.6 is 11.6 Å². The van der Waals surface area contributed by atoms with Crippen LogP contribution in [-0.2, 0) is 4.79 Å². The Morgan fingerprint density at radius 1 is 1.15 bits per heavy atom. The van der Waals surface area contributed by atoms with E-state index in [1.165, 1.54) is 19.2 Å². The molecule has 1 unspecified atom stereocenters. The molecule has 14 heteroatoms. The fourth-order valence-electron chi connectivity index (χ4n) is 4.46. The van der Waals surface area contributed by atoms with Crippen LogP contribution < -0.4 is 24.8 Å². The van der Waals surface area contributed by atoms with E-state index in [1.807, 2.05) is 0 Å². The molecule has 1 aliphatic heterocycles. The number of nitrogens with zero attached hydrogens (tertiary/aromatic N) is 3. The highest BCUT2D eigenvalue weighted by Crippen LogP contribution is 2.42. The highest BCUT2D eigenvalue weighted by atomic mass is 35.5. The van der Waals surface area contributed by atoms with Crippen LogP contribution in [0.5, 0.6) is 17.6 Å². The molecule has 0 bridgehead atoms. The quantitative estimate of drug-likeness (QED) is 0.328. The van der Waals surface area contributed by atoms with Crippen LogP contribution in [0.15, 0.2) is 45.4 Å². The van der Waals surface area contributed by atoms with Crippen molar-refractivity contribution < 1.29 is 37.2 Å². The van der Waals surface area contributed by atoms with E-state index < -0.39 is 23.5 Å². The van der Waals surface area contributed by atoms with Crippen LogP contribution in [0.3, 0.4) is 0 Å². The van der Waals surface area contributed by atoms with Crippen molar-refractivity contribution >= 4 is 23.6 Å². The van der Waals surface area contributed by atoms with Gasteiger partial charge in [0.25, 0.3) is 5.88 Å². The highest BCUT2D eigenvalue weighted by Gasteiger charge is 2.52. The van der Waals surface area contributed by atoms with Crippen molar-refractivity contribution in [3.8, 4) is 40.1 Å². The maximum absolute atomic E-state index is 15.0. The van der Waals surface area contributed by atoms with Crippen molar-refractivity contribution in [3.63, 3.8) is 0 Å². The number of carbonyl (C=O) groups excluding carboxylic acids is 2. The number of ether oxygens (including phenoxy) is 3. The smallest absolute Gasteiger partial charge is 0.415 e. The summed E-state index contributed by atoms with van der Waals surface area (Å²) < 4.78 is 40.6. The Bertz CT molecular complexity index is 1630. The first-order valence-electron chi connectivity index (χ1n) is 12.1. The Labute approximate surface area is 230 Å². The number of hydrogen-bond donors (Lipinski definition) is 2. The van der Waals surface area contributed by atoms with E-state index in [4.69, 9.17) is 34.9 Å². The first-order chi connectivity index (χ1) is 19.2. The zero-order valence-electron chi connectivity index (χ0n) is 21.1. The summed E-state index contributed by atoms with van der Waals surface area (Å²) in [6.45, 7) is 1.78. The van der Waals surface area contributed by atoms with E-state index in [9.17, 15) is 14.0 Å². The minimum Gasteiger partial charge on any atom is -0.491 e. The van der Waals surface area contributed by atoms with E-state index in [-0.39, 0.29) is 40.8 Å². The zero-order valence-corrected chi connectivity index (χ0v) is 21.9. The lowest BCUT2D eigenvalue weighted by atomic mass is 9.96. The molecular formula is C26H21ClFN5O7. The molecule has 2 aromatic carbocycles. The molecule has 0 spiro atoms. The fraction of sp³-hybridized carbons (Fsp3) is 0.269. The van der Waals surface area contributed by atoms with Crippen molar-refractivity contribution in [1.29, 1.82) is 0 Å². The zero-order chi connectivity index (χ0) is 28.0. The van der Waals surface area contributed by atoms with Gasteiger partial charge in [-0.05, 0) is 47.3 Å². The molecule has 2 amide bonds. The number of hydrogen-bond acceptors (Lipinski definition) is 10. The van der Waals surface area contributed by atoms with Gasteiger partial charge in [0, 0.05) is 17.5 Å². The molecule has 2 aromatic heterocycles. The molecule has 0 saturated heterocycles. The first-order valence-corrected chi connectivity index (χ1v) is 12.5. The summed E-state index contributed by atoms with van der Waals surface area (Å²) in [6, 6.07) is 8.90. The van der Waals surface area contributed by atoms with Crippen LogP contribution in [0.2, 0.25) is 5.02 Å². The van der Waals surface area contributed by atoms with E-state index in [2.05, 4.69) is 25.9 Å². The van der Waals surface area contributed by atoms with Gasteiger partial charge in [-0.3, -0.25) is 4.79 Å². The van der Waals surface area contributed by atoms with Gasteiger partial charge in [-0.15, -0.1) is 0 Å². The number of aromatic nitrogens is 3. The predicted octanol–water partition coefficient (Wildman–Crippen LogP) is 4.37. The van der Waals surface area contributed by atoms with Crippen LogP contribution in [0.4, 0.5) is 9.18 Å². The van der Waals surface area contributed by atoms with Gasteiger partial charge in [0.05, 0.1) is 24.8 Å². The molecule has 1 fully saturated rings. The second-order valence-electron chi connectivity index (χ2n) is 9.32. The molecule has 6 rings (SSSR count). The molecular weight excluding hydrogens is 549 g/mol. The lowest BCUT2D eigenvalue weighted by Crippen LogP contribution is -2.50. The van der Waals surface area contributed by atoms with Crippen LogP contribution in [0.1, 0.15) is 30.3 Å². The third kappa shape index (κ3) is 4.79. The minimum absolute atomic E-state index is 0.0939. The van der Waals surface area contributed by atoms with Crippen LogP contribution in [0.25, 0.3) is 22.5 Å². The minimum atomic E-state index is -1.11. The van der Waals surface area contributed by atoms with E-state index >= 15 is 0 Å². The molecule has 12 nitrogen and oxygen atoms in total. The molecule has 40 heavy (non-hydrogen) atoms. The summed E-state index contributed by atoms with van der Waals surface area (Å²) in [5, 5.41) is 13.1. The molecule has 1 aliphatic carbocycles. The molecule has 206 valence electrons. The van der Waals surface area contributed by atoms with Gasteiger partial charge in [-0.1, -0.05) is 28.9 Å². The monoisotopic (exact) mass is 569 g/mol. The third-order valence-corrected chi connectivity index (χ3v) is 6.83. The lowest BCUT2D eigenvalue weighted by Gasteiger charge is -2.19. The number of halogens is 2. The number of fused-ring (bicyclic) bond motifs is 1. The predicted molar refractivity (Wildman–Crippen MR) is 135 cm³/mol. The van der Waals surface area contributed by atoms with Gasteiger partial charge in [0.1, 0.15) is 23.7 Å². The number of methoxy groups -OCH3 is 1. The Kier molecular flexibility index (Phi) is 6.29. The molecule has 0 radical (unpaired) electrons. The summed E-state index contributed by atoms with van der Waals surface area (Å²) in [7, 11) is 1.39. The second-order valence-corrected chi connectivity index (χ2v) is 9.76. The maximum atomic E-state index is 15.0. The number of aryl methyl sites for hydroxylation is 1. The molecule has 2 aliphatic rings. The number of benzene rings is 2. The van der Waals surface area contributed by atoms with Gasteiger partial charge >= 0.3 is 12.0 Å². The number of rotatable bonds is 7. The summed E-state index contributed by atoms with van der Waals surface area (Å²) in [4.78, 5) is 29.6. The van der Waals surface area contributed by atoms with Gasteiger partial charge < -0.3 is 33.9 Å².